The van der Waals surface area contributed by atoms with E-state index in [1.165, 1.54) is 33.3 Å². The molecule has 5 amide bonds. The van der Waals surface area contributed by atoms with E-state index in [1.807, 2.05) is 55.5 Å². The molecule has 0 aliphatic carbocycles. The Morgan fingerprint density at radius 1 is 0.696 bits per heavy atom. The average molecular weight is 776 g/mol. The molecular weight excluding hydrogens is 722 g/mol. The van der Waals surface area contributed by atoms with Gasteiger partial charge in [-0.1, -0.05) is 48.5 Å². The smallest absolute Gasteiger partial charge is 0.407 e. The molecule has 302 valence electrons. The first-order chi connectivity index (χ1) is 26.9. The molecule has 2 aliphatic heterocycles. The average Bonchev–Trinajstić information content (AvgIpc) is 4.02. The Labute approximate surface area is 327 Å². The van der Waals surface area contributed by atoms with Crippen LogP contribution >= 0.6 is 0 Å². The van der Waals surface area contributed by atoms with Crippen molar-refractivity contribution in [2.75, 3.05) is 41.5 Å². The number of nitrogens with zero attached hydrogens (tertiary/aromatic N) is 3. The van der Waals surface area contributed by atoms with Gasteiger partial charge in [0.05, 0.1) is 50.4 Å². The van der Waals surface area contributed by atoms with Gasteiger partial charge >= 0.3 is 12.2 Å². The minimum absolute atomic E-state index is 0.262. The zero-order chi connectivity index (χ0) is 40.5. The predicted molar refractivity (Wildman–Crippen MR) is 206 cm³/mol. The molecule has 5 rings (SSSR count). The Balaban J connectivity index is 1.20. The van der Waals surface area contributed by atoms with Gasteiger partial charge in [-0.15, -0.1) is 0 Å². The van der Waals surface area contributed by atoms with Crippen LogP contribution in [0.1, 0.15) is 69.9 Å². The lowest BCUT2D eigenvalue weighted by atomic mass is 9.99. The van der Waals surface area contributed by atoms with Crippen molar-refractivity contribution in [3.8, 4) is 22.4 Å². The maximum Gasteiger partial charge on any atom is 0.407 e. The zero-order valence-electron chi connectivity index (χ0n) is 33.0. The minimum Gasteiger partial charge on any atom is -0.453 e. The summed E-state index contributed by atoms with van der Waals surface area (Å²) in [6, 6.07) is 12.8. The first-order valence-corrected chi connectivity index (χ1v) is 18.8. The summed E-state index contributed by atoms with van der Waals surface area (Å²) >= 11 is 0. The number of carbonyl (C=O) groups excluding carboxylic acids is 5. The molecule has 1 aromatic heterocycles. The number of H-pyrrole nitrogens is 1. The number of aromatic nitrogens is 2. The molecule has 2 fully saturated rings. The second-order valence-electron chi connectivity index (χ2n) is 14.1. The SMILES string of the molecule is COC(=O)N[C@H](C(=O)N1CCC[C@H]1C(=O)N[C@@H](C)c1ccc(-c2ccc(-c3cnc([C@@H]4CCCN4C(=O)[C@@H](NC(=O)OC)[C@@H](C)OC)[nH]3)cc2)cc1)[C@@H](C)OC. The van der Waals surface area contributed by atoms with E-state index >= 15 is 0 Å². The van der Waals surface area contributed by atoms with E-state index in [4.69, 9.17) is 18.9 Å². The van der Waals surface area contributed by atoms with Crippen molar-refractivity contribution >= 4 is 29.9 Å². The number of likely N-dealkylation sites (tertiary alicyclic amines) is 2. The number of rotatable bonds is 14. The number of carbonyl (C=O) groups is 5. The van der Waals surface area contributed by atoms with Crippen LogP contribution in [0.15, 0.2) is 54.7 Å². The normalized spacial score (nSPS) is 19.3. The van der Waals surface area contributed by atoms with Gasteiger partial charge in [0.15, 0.2) is 0 Å². The predicted octanol–water partition coefficient (Wildman–Crippen LogP) is 4.09. The van der Waals surface area contributed by atoms with Crippen LogP contribution < -0.4 is 16.0 Å². The zero-order valence-corrected chi connectivity index (χ0v) is 33.0. The fourth-order valence-corrected chi connectivity index (χ4v) is 7.23. The molecule has 0 bridgehead atoms. The highest BCUT2D eigenvalue weighted by atomic mass is 16.5. The maximum absolute atomic E-state index is 13.6. The number of aromatic amines is 1. The highest BCUT2D eigenvalue weighted by molar-refractivity contribution is 5.92. The van der Waals surface area contributed by atoms with Gasteiger partial charge in [0.2, 0.25) is 17.7 Å². The number of nitrogens with one attached hydrogen (secondary N) is 4. The summed E-state index contributed by atoms with van der Waals surface area (Å²) in [5, 5.41) is 8.21. The monoisotopic (exact) mass is 775 g/mol. The van der Waals surface area contributed by atoms with Crippen molar-refractivity contribution in [3.63, 3.8) is 0 Å². The first kappa shape index (κ1) is 41.7. The third-order valence-electron chi connectivity index (χ3n) is 10.7. The Kier molecular flexibility index (Phi) is 14.1. The van der Waals surface area contributed by atoms with Crippen LogP contribution in [0, 0.1) is 0 Å². The van der Waals surface area contributed by atoms with Crippen LogP contribution in [-0.2, 0) is 33.3 Å². The van der Waals surface area contributed by atoms with E-state index in [-0.39, 0.29) is 23.9 Å². The van der Waals surface area contributed by atoms with E-state index in [2.05, 4.69) is 25.9 Å². The Morgan fingerprint density at radius 3 is 1.75 bits per heavy atom. The molecule has 2 saturated heterocycles. The van der Waals surface area contributed by atoms with Gasteiger partial charge < -0.3 is 49.7 Å². The van der Waals surface area contributed by atoms with Gasteiger partial charge in [-0.05, 0) is 68.7 Å². The molecular formula is C40H53N7O9. The van der Waals surface area contributed by atoms with Gasteiger partial charge in [0, 0.05) is 27.3 Å². The van der Waals surface area contributed by atoms with E-state index in [0.717, 1.165) is 40.8 Å². The molecule has 0 spiro atoms. The second-order valence-corrected chi connectivity index (χ2v) is 14.1. The number of ether oxygens (including phenoxy) is 4. The summed E-state index contributed by atoms with van der Waals surface area (Å²) in [6.45, 7) is 6.21. The molecule has 0 saturated carbocycles. The van der Waals surface area contributed by atoms with Crippen molar-refractivity contribution < 1.29 is 42.9 Å². The number of benzene rings is 2. The van der Waals surface area contributed by atoms with Crippen LogP contribution in [-0.4, -0.2) is 122 Å². The van der Waals surface area contributed by atoms with Gasteiger partial charge in [-0.3, -0.25) is 14.4 Å². The van der Waals surface area contributed by atoms with Gasteiger partial charge in [-0.25, -0.2) is 14.6 Å². The maximum atomic E-state index is 13.6. The summed E-state index contributed by atoms with van der Waals surface area (Å²) in [6.07, 6.45) is 1.80. The molecule has 16 nitrogen and oxygen atoms in total. The number of amides is 5. The van der Waals surface area contributed by atoms with Gasteiger partial charge in [0.1, 0.15) is 23.9 Å². The lowest BCUT2D eigenvalue weighted by Crippen LogP contribution is -2.57. The van der Waals surface area contributed by atoms with Crippen LogP contribution in [0.5, 0.6) is 0 Å². The van der Waals surface area contributed by atoms with Crippen LogP contribution in [0.2, 0.25) is 0 Å². The molecule has 56 heavy (non-hydrogen) atoms. The van der Waals surface area contributed by atoms with Crippen molar-refractivity contribution in [1.82, 2.24) is 35.7 Å². The van der Waals surface area contributed by atoms with E-state index < -0.39 is 48.4 Å². The summed E-state index contributed by atoms with van der Waals surface area (Å²) in [4.78, 5) is 75.7. The molecule has 16 heteroatoms. The summed E-state index contributed by atoms with van der Waals surface area (Å²) < 4.78 is 20.1. The van der Waals surface area contributed by atoms with Crippen LogP contribution in [0.25, 0.3) is 22.4 Å². The van der Waals surface area contributed by atoms with Crippen LogP contribution in [0.3, 0.4) is 0 Å². The van der Waals surface area contributed by atoms with Gasteiger partial charge in [-0.2, -0.15) is 0 Å². The fraction of sp³-hybridized carbons (Fsp3) is 0.500. The standard InChI is InChI=1S/C40H53N7O9/c1-23(42-36(48)32-11-9-21-47(32)38(50)34(25(3)54-5)45-40(52)56-7)26-12-14-27(15-13-26)28-16-18-29(19-17-28)30-22-41-35(43-30)31-10-8-20-46(31)37(49)33(24(2)53-4)44-39(51)55-6/h12-19,22-25,31-34H,8-11,20-21H2,1-7H3,(H,41,43)(H,42,48)(H,44,51)(H,45,52)/t23-,24+,25+,31-,32-,33-,34-/m0/s1. The van der Waals surface area contributed by atoms with E-state index in [0.29, 0.717) is 31.8 Å². The molecule has 0 radical (unpaired) electrons. The number of hydrogen-bond acceptors (Lipinski definition) is 10. The summed E-state index contributed by atoms with van der Waals surface area (Å²) in [7, 11) is 5.40. The second kappa shape index (κ2) is 18.9. The Hall–Kier alpha value is -5.48. The fourth-order valence-electron chi connectivity index (χ4n) is 7.23. The largest absolute Gasteiger partial charge is 0.453 e. The third kappa shape index (κ3) is 9.48. The molecule has 4 N–H and O–H groups in total. The molecule has 3 heterocycles. The highest BCUT2D eigenvalue weighted by Crippen LogP contribution is 2.33. The first-order valence-electron chi connectivity index (χ1n) is 18.8. The molecule has 3 aromatic rings. The molecule has 2 aliphatic rings. The summed E-state index contributed by atoms with van der Waals surface area (Å²) in [5.74, 6) is -0.258. The highest BCUT2D eigenvalue weighted by Gasteiger charge is 2.41. The minimum atomic E-state index is -1.00. The number of alkyl carbamates (subject to hydrolysis) is 2. The lowest BCUT2D eigenvalue weighted by molar-refractivity contribution is -0.142. The molecule has 2 aromatic carbocycles. The number of hydrogen-bond donors (Lipinski definition) is 4. The lowest BCUT2D eigenvalue weighted by Gasteiger charge is -2.31. The van der Waals surface area contributed by atoms with Crippen molar-refractivity contribution in [3.05, 3.63) is 66.1 Å². The van der Waals surface area contributed by atoms with E-state index in [9.17, 15) is 24.0 Å². The Bertz CT molecular complexity index is 1830. The number of methoxy groups -OCH3 is 4. The Morgan fingerprint density at radius 2 is 1.20 bits per heavy atom. The van der Waals surface area contributed by atoms with Crippen molar-refractivity contribution in [2.45, 2.75) is 88.9 Å². The summed E-state index contributed by atoms with van der Waals surface area (Å²) in [5.41, 5.74) is 4.64. The van der Waals surface area contributed by atoms with Crippen molar-refractivity contribution in [1.29, 1.82) is 0 Å². The van der Waals surface area contributed by atoms with E-state index in [1.54, 1.807) is 24.9 Å². The van der Waals surface area contributed by atoms with Gasteiger partial charge in [0.25, 0.3) is 0 Å². The quantitative estimate of drug-likeness (QED) is 0.185. The topological polar surface area (TPSA) is 194 Å². The number of imidazole rings is 1. The van der Waals surface area contributed by atoms with Crippen LogP contribution in [0.4, 0.5) is 9.59 Å². The molecule has 0 unspecified atom stereocenters. The molecule has 7 atom stereocenters. The third-order valence-corrected chi connectivity index (χ3v) is 10.7. The van der Waals surface area contributed by atoms with Crippen molar-refractivity contribution in [2.24, 2.45) is 0 Å².